The van der Waals surface area contributed by atoms with Crippen LogP contribution >= 0.6 is 11.3 Å². The number of nitrogens with one attached hydrogen (secondary N) is 2. The molecule has 1 saturated heterocycles. The fourth-order valence-corrected chi connectivity index (χ4v) is 4.93. The third kappa shape index (κ3) is 5.52. The molecule has 1 aliphatic rings. The highest BCUT2D eigenvalue weighted by Gasteiger charge is 2.12. The third-order valence-electron chi connectivity index (χ3n) is 6.07. The summed E-state index contributed by atoms with van der Waals surface area (Å²) in [5.41, 5.74) is 6.02. The van der Waals surface area contributed by atoms with Gasteiger partial charge in [-0.25, -0.2) is 15.0 Å². The van der Waals surface area contributed by atoms with E-state index in [1.165, 1.54) is 0 Å². The summed E-state index contributed by atoms with van der Waals surface area (Å²) >= 11 is 1.64. The molecule has 7 nitrogen and oxygen atoms in total. The van der Waals surface area contributed by atoms with Crippen LogP contribution in [0.4, 0.5) is 5.82 Å². The van der Waals surface area contributed by atoms with Gasteiger partial charge in [0.05, 0.1) is 27.5 Å². The largest absolute Gasteiger partial charge is 0.492 e. The molecular formula is C26H30N6OS. The Hall–Kier alpha value is -3.07. The first-order chi connectivity index (χ1) is 16.6. The highest BCUT2D eigenvalue weighted by molar-refractivity contribution is 7.16. The first-order valence-corrected chi connectivity index (χ1v) is 12.6. The Morgan fingerprint density at radius 3 is 2.88 bits per heavy atom. The highest BCUT2D eigenvalue weighted by atomic mass is 32.1. The zero-order chi connectivity index (χ0) is 23.3. The number of nitrogens with zero attached hydrogens (tertiary/aromatic N) is 4. The Labute approximate surface area is 204 Å². The fraction of sp³-hybridized carbons (Fsp3) is 0.346. The number of rotatable bonds is 8. The van der Waals surface area contributed by atoms with Crippen LogP contribution in [-0.4, -0.2) is 59.2 Å². The average Bonchev–Trinajstić information content (AvgIpc) is 3.33. The van der Waals surface area contributed by atoms with Gasteiger partial charge in [-0.15, -0.1) is 11.3 Å². The van der Waals surface area contributed by atoms with Crippen molar-refractivity contribution in [3.8, 4) is 17.0 Å². The van der Waals surface area contributed by atoms with Gasteiger partial charge in [-0.2, -0.15) is 0 Å². The van der Waals surface area contributed by atoms with Crippen LogP contribution in [0.3, 0.4) is 0 Å². The molecule has 3 heterocycles. The normalized spacial score (nSPS) is 15.4. The minimum absolute atomic E-state index is 0.0721. The van der Waals surface area contributed by atoms with E-state index in [1.807, 2.05) is 30.6 Å². The van der Waals surface area contributed by atoms with Crippen molar-refractivity contribution in [2.45, 2.75) is 19.9 Å². The van der Waals surface area contributed by atoms with Crippen molar-refractivity contribution in [2.24, 2.45) is 0 Å². The lowest BCUT2D eigenvalue weighted by Gasteiger charge is -2.27. The summed E-state index contributed by atoms with van der Waals surface area (Å²) in [6.07, 6.45) is 0. The average molecular weight is 475 g/mol. The Balaban J connectivity index is 1.25. The molecule has 1 fully saturated rings. The van der Waals surface area contributed by atoms with E-state index >= 15 is 0 Å². The van der Waals surface area contributed by atoms with Crippen molar-refractivity contribution < 1.29 is 4.74 Å². The fourth-order valence-electron chi connectivity index (χ4n) is 4.21. The zero-order valence-electron chi connectivity index (χ0n) is 19.6. The van der Waals surface area contributed by atoms with E-state index in [-0.39, 0.29) is 6.04 Å². The summed E-state index contributed by atoms with van der Waals surface area (Å²) in [4.78, 5) is 16.1. The lowest BCUT2D eigenvalue weighted by Crippen LogP contribution is -2.44. The summed E-state index contributed by atoms with van der Waals surface area (Å²) in [6.45, 7) is 10.0. The molecule has 2 N–H and O–H groups in total. The van der Waals surface area contributed by atoms with Gasteiger partial charge in [0.25, 0.3) is 0 Å². The molecule has 0 radical (unpaired) electrons. The number of fused-ring (bicyclic) bond motifs is 1. The van der Waals surface area contributed by atoms with E-state index in [0.717, 1.165) is 77.2 Å². The quantitative estimate of drug-likeness (QED) is 0.389. The van der Waals surface area contributed by atoms with Crippen LogP contribution in [0.25, 0.3) is 21.5 Å². The van der Waals surface area contributed by atoms with E-state index in [9.17, 15) is 0 Å². The van der Waals surface area contributed by atoms with Crippen LogP contribution in [0, 0.1) is 6.92 Å². The number of anilines is 1. The molecule has 34 heavy (non-hydrogen) atoms. The molecule has 8 heteroatoms. The van der Waals surface area contributed by atoms with Crippen molar-refractivity contribution in [1.82, 2.24) is 25.2 Å². The van der Waals surface area contributed by atoms with Crippen molar-refractivity contribution >= 4 is 27.4 Å². The van der Waals surface area contributed by atoms with Crippen LogP contribution in [0.15, 0.2) is 54.0 Å². The summed E-state index contributed by atoms with van der Waals surface area (Å²) in [6, 6.07) is 16.6. The molecule has 0 amide bonds. The number of aromatic nitrogens is 3. The maximum Gasteiger partial charge on any atom is 0.130 e. The van der Waals surface area contributed by atoms with E-state index in [0.29, 0.717) is 6.61 Å². The molecule has 1 unspecified atom stereocenters. The van der Waals surface area contributed by atoms with Gasteiger partial charge in [-0.3, -0.25) is 4.90 Å². The highest BCUT2D eigenvalue weighted by Crippen LogP contribution is 2.28. The van der Waals surface area contributed by atoms with Crippen molar-refractivity contribution in [2.75, 3.05) is 44.6 Å². The van der Waals surface area contributed by atoms with Crippen molar-refractivity contribution in [1.29, 1.82) is 0 Å². The summed E-state index contributed by atoms with van der Waals surface area (Å²) < 4.78 is 7.21. The molecule has 1 atom stereocenters. The molecule has 4 aromatic rings. The van der Waals surface area contributed by atoms with Crippen LogP contribution in [-0.2, 0) is 0 Å². The van der Waals surface area contributed by atoms with E-state index in [4.69, 9.17) is 4.74 Å². The van der Waals surface area contributed by atoms with Crippen LogP contribution in [0.2, 0.25) is 0 Å². The lowest BCUT2D eigenvalue weighted by molar-refractivity contribution is 0.191. The van der Waals surface area contributed by atoms with Gasteiger partial charge < -0.3 is 15.4 Å². The second-order valence-electron chi connectivity index (χ2n) is 8.60. The molecule has 0 aliphatic carbocycles. The number of ether oxygens (including phenoxy) is 1. The standard InChI is InChI=1S/C26H30N6OS/c1-18(20-4-3-5-22(14-20)33-13-12-32-10-8-27-9-11-32)29-26-16-24(30-19(2)31-26)21-6-7-23-25(15-21)34-17-28-23/h3-7,14-18,27H,8-13H2,1-2H3,(H,29,30,31). The number of aryl methyl sites for hydroxylation is 1. The second-order valence-corrected chi connectivity index (χ2v) is 9.49. The Kier molecular flexibility index (Phi) is 6.99. The van der Waals surface area contributed by atoms with Gasteiger partial charge in [0, 0.05) is 44.4 Å². The third-order valence-corrected chi connectivity index (χ3v) is 6.87. The maximum absolute atomic E-state index is 6.05. The van der Waals surface area contributed by atoms with E-state index < -0.39 is 0 Å². The van der Waals surface area contributed by atoms with Crippen LogP contribution < -0.4 is 15.4 Å². The van der Waals surface area contributed by atoms with E-state index in [1.54, 1.807) is 11.3 Å². The predicted molar refractivity (Wildman–Crippen MR) is 139 cm³/mol. The summed E-state index contributed by atoms with van der Waals surface area (Å²) in [7, 11) is 0. The van der Waals surface area contributed by atoms with Crippen LogP contribution in [0.1, 0.15) is 24.4 Å². The minimum atomic E-state index is 0.0721. The molecule has 176 valence electrons. The van der Waals surface area contributed by atoms with Gasteiger partial charge >= 0.3 is 0 Å². The number of piperazine rings is 1. The van der Waals surface area contributed by atoms with Gasteiger partial charge in [0.1, 0.15) is 24.0 Å². The minimum Gasteiger partial charge on any atom is -0.492 e. The van der Waals surface area contributed by atoms with Crippen molar-refractivity contribution in [3.63, 3.8) is 0 Å². The predicted octanol–water partition coefficient (Wildman–Crippen LogP) is 4.52. The molecule has 1 aliphatic heterocycles. The SMILES string of the molecule is Cc1nc(NC(C)c2cccc(OCCN3CCNCC3)c2)cc(-c2ccc3ncsc3c2)n1. The van der Waals surface area contributed by atoms with Gasteiger partial charge in [0.2, 0.25) is 0 Å². The molecule has 2 aromatic heterocycles. The lowest BCUT2D eigenvalue weighted by atomic mass is 10.1. The zero-order valence-corrected chi connectivity index (χ0v) is 20.4. The van der Waals surface area contributed by atoms with Gasteiger partial charge in [-0.05, 0) is 43.7 Å². The number of thiazole rings is 1. The van der Waals surface area contributed by atoms with Crippen molar-refractivity contribution in [3.05, 3.63) is 65.4 Å². The summed E-state index contributed by atoms with van der Waals surface area (Å²) in [5.74, 6) is 2.45. The number of hydrogen-bond acceptors (Lipinski definition) is 8. The van der Waals surface area contributed by atoms with E-state index in [2.05, 4.69) is 67.7 Å². The van der Waals surface area contributed by atoms with Gasteiger partial charge in [0.15, 0.2) is 0 Å². The number of hydrogen-bond donors (Lipinski definition) is 2. The smallest absolute Gasteiger partial charge is 0.130 e. The molecule has 2 aromatic carbocycles. The maximum atomic E-state index is 6.05. The molecular weight excluding hydrogens is 444 g/mol. The molecule has 0 spiro atoms. The summed E-state index contributed by atoms with van der Waals surface area (Å²) in [5, 5.41) is 6.93. The first kappa shape index (κ1) is 22.7. The second kappa shape index (κ2) is 10.5. The monoisotopic (exact) mass is 474 g/mol. The van der Waals surface area contributed by atoms with Gasteiger partial charge in [-0.1, -0.05) is 18.2 Å². The molecule has 0 bridgehead atoms. The Morgan fingerprint density at radius 2 is 2.00 bits per heavy atom. The van der Waals surface area contributed by atoms with Crippen LogP contribution in [0.5, 0.6) is 5.75 Å². The topological polar surface area (TPSA) is 75.2 Å². The Bertz CT molecular complexity index is 1250. The first-order valence-electron chi connectivity index (χ1n) is 11.8. The molecule has 5 rings (SSSR count). The number of benzene rings is 2. The Morgan fingerprint density at radius 1 is 1.12 bits per heavy atom. The molecule has 0 saturated carbocycles.